The molecule has 1 atom stereocenters. The SMILES string of the molecule is CNCC1CCN(CC(=O)NC(C)c2ccc(F)cc2)CC1.Cl. The normalized spacial score (nSPS) is 17.3. The summed E-state index contributed by atoms with van der Waals surface area (Å²) in [7, 11) is 1.98. The van der Waals surface area contributed by atoms with E-state index in [9.17, 15) is 9.18 Å². The van der Waals surface area contributed by atoms with Gasteiger partial charge in [-0.1, -0.05) is 12.1 Å². The van der Waals surface area contributed by atoms with Crippen LogP contribution in [-0.4, -0.2) is 44.0 Å². The minimum atomic E-state index is -0.258. The number of amides is 1. The van der Waals surface area contributed by atoms with Crippen molar-refractivity contribution in [2.24, 2.45) is 5.92 Å². The molecule has 2 rings (SSSR count). The van der Waals surface area contributed by atoms with Gasteiger partial charge in [-0.3, -0.25) is 9.69 Å². The molecule has 1 unspecified atom stereocenters. The van der Waals surface area contributed by atoms with Gasteiger partial charge in [-0.2, -0.15) is 0 Å². The minimum absolute atomic E-state index is 0. The smallest absolute Gasteiger partial charge is 0.234 e. The first-order chi connectivity index (χ1) is 10.6. The molecule has 0 spiro atoms. The van der Waals surface area contributed by atoms with E-state index in [1.165, 1.54) is 12.1 Å². The Labute approximate surface area is 144 Å². The Balaban J connectivity index is 0.00000264. The molecule has 0 saturated carbocycles. The average Bonchev–Trinajstić information content (AvgIpc) is 2.50. The van der Waals surface area contributed by atoms with Gasteiger partial charge in [0, 0.05) is 0 Å². The number of hydrogen-bond acceptors (Lipinski definition) is 3. The fourth-order valence-corrected chi connectivity index (χ4v) is 2.96. The van der Waals surface area contributed by atoms with E-state index in [0.29, 0.717) is 6.54 Å². The first-order valence-electron chi connectivity index (χ1n) is 8.00. The van der Waals surface area contributed by atoms with Crippen molar-refractivity contribution in [3.05, 3.63) is 35.6 Å². The van der Waals surface area contributed by atoms with Crippen LogP contribution in [0.15, 0.2) is 24.3 Å². The Morgan fingerprint density at radius 3 is 2.48 bits per heavy atom. The van der Waals surface area contributed by atoms with E-state index in [1.54, 1.807) is 12.1 Å². The molecule has 2 N–H and O–H groups in total. The molecule has 1 aliphatic rings. The lowest BCUT2D eigenvalue weighted by Crippen LogP contribution is -2.43. The average molecular weight is 344 g/mol. The highest BCUT2D eigenvalue weighted by atomic mass is 35.5. The number of halogens is 2. The van der Waals surface area contributed by atoms with Crippen LogP contribution in [0.1, 0.15) is 31.4 Å². The number of carbonyl (C=O) groups excluding carboxylic acids is 1. The highest BCUT2D eigenvalue weighted by Gasteiger charge is 2.20. The molecule has 0 aromatic heterocycles. The van der Waals surface area contributed by atoms with Crippen molar-refractivity contribution in [2.75, 3.05) is 33.2 Å². The Morgan fingerprint density at radius 2 is 1.91 bits per heavy atom. The largest absolute Gasteiger partial charge is 0.348 e. The topological polar surface area (TPSA) is 44.4 Å². The van der Waals surface area contributed by atoms with Crippen LogP contribution >= 0.6 is 12.4 Å². The first-order valence-corrected chi connectivity index (χ1v) is 8.00. The van der Waals surface area contributed by atoms with Gasteiger partial charge in [0.25, 0.3) is 0 Å². The monoisotopic (exact) mass is 343 g/mol. The lowest BCUT2D eigenvalue weighted by molar-refractivity contribution is -0.123. The molecular weight excluding hydrogens is 317 g/mol. The van der Waals surface area contributed by atoms with E-state index in [1.807, 2.05) is 14.0 Å². The third-order valence-electron chi connectivity index (χ3n) is 4.31. The van der Waals surface area contributed by atoms with Gasteiger partial charge in [-0.05, 0) is 70.1 Å². The van der Waals surface area contributed by atoms with Crippen molar-refractivity contribution < 1.29 is 9.18 Å². The summed E-state index contributed by atoms with van der Waals surface area (Å²) < 4.78 is 12.9. The third kappa shape index (κ3) is 6.45. The first kappa shape index (κ1) is 19.9. The highest BCUT2D eigenvalue weighted by Crippen LogP contribution is 2.16. The fourth-order valence-electron chi connectivity index (χ4n) is 2.96. The molecule has 1 fully saturated rings. The molecule has 23 heavy (non-hydrogen) atoms. The van der Waals surface area contributed by atoms with Crippen molar-refractivity contribution in [1.29, 1.82) is 0 Å². The van der Waals surface area contributed by atoms with Gasteiger partial charge in [0.15, 0.2) is 0 Å². The lowest BCUT2D eigenvalue weighted by atomic mass is 9.97. The van der Waals surface area contributed by atoms with Crippen molar-refractivity contribution >= 4 is 18.3 Å². The summed E-state index contributed by atoms with van der Waals surface area (Å²) in [5, 5.41) is 6.20. The van der Waals surface area contributed by atoms with Crippen LogP contribution in [0.3, 0.4) is 0 Å². The standard InChI is InChI=1S/C17H26FN3O.ClH/c1-13(15-3-5-16(18)6-4-15)20-17(22)12-21-9-7-14(8-10-21)11-19-2;/h3-6,13-14,19H,7-12H2,1-2H3,(H,20,22);1H. The molecule has 6 heteroatoms. The van der Waals surface area contributed by atoms with Gasteiger partial charge in [0.2, 0.25) is 5.91 Å². The Bertz CT molecular complexity index is 475. The molecule has 130 valence electrons. The second kappa shape index (κ2) is 9.85. The van der Waals surface area contributed by atoms with Gasteiger partial charge in [0.1, 0.15) is 5.82 Å². The quantitative estimate of drug-likeness (QED) is 0.833. The molecule has 1 heterocycles. The van der Waals surface area contributed by atoms with E-state index in [-0.39, 0.29) is 30.2 Å². The summed E-state index contributed by atoms with van der Waals surface area (Å²) in [6.45, 7) is 5.37. The van der Waals surface area contributed by atoms with Gasteiger partial charge < -0.3 is 10.6 Å². The number of benzene rings is 1. The highest BCUT2D eigenvalue weighted by molar-refractivity contribution is 5.85. The zero-order valence-corrected chi connectivity index (χ0v) is 14.7. The predicted molar refractivity (Wildman–Crippen MR) is 93.3 cm³/mol. The molecular formula is C17H27ClFN3O. The Kier molecular flexibility index (Phi) is 8.52. The van der Waals surface area contributed by atoms with Gasteiger partial charge in [-0.25, -0.2) is 4.39 Å². The van der Waals surface area contributed by atoms with Crippen LogP contribution < -0.4 is 10.6 Å². The van der Waals surface area contributed by atoms with Crippen LogP contribution in [0, 0.1) is 11.7 Å². The van der Waals surface area contributed by atoms with Crippen molar-refractivity contribution in [2.45, 2.75) is 25.8 Å². The molecule has 1 aromatic rings. The number of rotatable bonds is 6. The zero-order valence-electron chi connectivity index (χ0n) is 13.8. The summed E-state index contributed by atoms with van der Waals surface area (Å²) in [6.07, 6.45) is 2.28. The van der Waals surface area contributed by atoms with Crippen molar-refractivity contribution in [3.8, 4) is 0 Å². The van der Waals surface area contributed by atoms with Crippen molar-refractivity contribution in [1.82, 2.24) is 15.5 Å². The molecule has 1 aliphatic heterocycles. The zero-order chi connectivity index (χ0) is 15.9. The van der Waals surface area contributed by atoms with Crippen LogP contribution in [0.25, 0.3) is 0 Å². The molecule has 0 bridgehead atoms. The number of carbonyl (C=O) groups is 1. The third-order valence-corrected chi connectivity index (χ3v) is 4.31. The summed E-state index contributed by atoms with van der Waals surface area (Å²) in [6, 6.07) is 6.16. The molecule has 1 amide bonds. The summed E-state index contributed by atoms with van der Waals surface area (Å²) in [5.41, 5.74) is 0.919. The van der Waals surface area contributed by atoms with Gasteiger partial charge in [-0.15, -0.1) is 12.4 Å². The van der Waals surface area contributed by atoms with E-state index in [4.69, 9.17) is 0 Å². The Morgan fingerprint density at radius 1 is 1.30 bits per heavy atom. The fraction of sp³-hybridized carbons (Fsp3) is 0.588. The number of nitrogens with one attached hydrogen (secondary N) is 2. The number of likely N-dealkylation sites (tertiary alicyclic amines) is 1. The predicted octanol–water partition coefficient (Wildman–Crippen LogP) is 2.36. The summed E-state index contributed by atoms with van der Waals surface area (Å²) in [5.74, 6) is 0.498. The maximum Gasteiger partial charge on any atom is 0.234 e. The van der Waals surface area contributed by atoms with Crippen molar-refractivity contribution in [3.63, 3.8) is 0 Å². The molecule has 0 radical (unpaired) electrons. The van der Waals surface area contributed by atoms with Crippen LogP contribution in [0.5, 0.6) is 0 Å². The van der Waals surface area contributed by atoms with Crippen LogP contribution in [0.4, 0.5) is 4.39 Å². The molecule has 1 aromatic carbocycles. The number of hydrogen-bond donors (Lipinski definition) is 2. The van der Waals surface area contributed by atoms with E-state index in [0.717, 1.165) is 44.0 Å². The maximum absolute atomic E-state index is 12.9. The number of piperidine rings is 1. The minimum Gasteiger partial charge on any atom is -0.348 e. The Hall–Kier alpha value is -1.17. The van der Waals surface area contributed by atoms with Crippen LogP contribution in [0.2, 0.25) is 0 Å². The van der Waals surface area contributed by atoms with Gasteiger partial charge in [0.05, 0.1) is 12.6 Å². The molecule has 1 saturated heterocycles. The van der Waals surface area contributed by atoms with Crippen LogP contribution in [-0.2, 0) is 4.79 Å². The molecule has 0 aliphatic carbocycles. The van der Waals surface area contributed by atoms with Gasteiger partial charge >= 0.3 is 0 Å². The maximum atomic E-state index is 12.9. The second-order valence-corrected chi connectivity index (χ2v) is 6.12. The lowest BCUT2D eigenvalue weighted by Gasteiger charge is -2.31. The summed E-state index contributed by atoms with van der Waals surface area (Å²) >= 11 is 0. The second-order valence-electron chi connectivity index (χ2n) is 6.12. The summed E-state index contributed by atoms with van der Waals surface area (Å²) in [4.78, 5) is 14.3. The van der Waals surface area contributed by atoms with E-state index >= 15 is 0 Å². The number of nitrogens with zero attached hydrogens (tertiary/aromatic N) is 1. The van der Waals surface area contributed by atoms with E-state index < -0.39 is 0 Å². The van der Waals surface area contributed by atoms with E-state index in [2.05, 4.69) is 15.5 Å². The molecule has 4 nitrogen and oxygen atoms in total.